The number of H-pyrrole nitrogens is 1. The minimum absolute atomic E-state index is 0.0754. The number of hydrogen-bond acceptors (Lipinski definition) is 3. The number of carbonyl (C=O) groups excluding carboxylic acids is 1. The van der Waals surface area contributed by atoms with Gasteiger partial charge in [-0.3, -0.25) is 4.79 Å². The molecule has 1 heterocycles. The zero-order valence-electron chi connectivity index (χ0n) is 12.5. The Labute approximate surface area is 130 Å². The molecule has 21 heavy (non-hydrogen) atoms. The van der Waals surface area contributed by atoms with Crippen LogP contribution in [-0.4, -0.2) is 36.9 Å². The van der Waals surface area contributed by atoms with Gasteiger partial charge in [-0.2, -0.15) is 0 Å². The van der Waals surface area contributed by atoms with E-state index in [4.69, 9.17) is 12.2 Å². The highest BCUT2D eigenvalue weighted by atomic mass is 32.1. The van der Waals surface area contributed by atoms with Gasteiger partial charge in [0, 0.05) is 39.6 Å². The van der Waals surface area contributed by atoms with Crippen LogP contribution in [0.2, 0.25) is 0 Å². The zero-order chi connectivity index (χ0) is 15.4. The molecule has 0 aliphatic rings. The van der Waals surface area contributed by atoms with Crippen LogP contribution in [0.5, 0.6) is 0 Å². The second-order valence-corrected chi connectivity index (χ2v) is 5.54. The molecule has 1 amide bonds. The van der Waals surface area contributed by atoms with Gasteiger partial charge in [0.25, 0.3) is 5.91 Å². The fraction of sp³-hybridized carbons (Fsp3) is 0.250. The fourth-order valence-electron chi connectivity index (χ4n) is 2.04. The Kier molecular flexibility index (Phi) is 4.75. The van der Waals surface area contributed by atoms with Crippen molar-refractivity contribution in [2.45, 2.75) is 6.54 Å². The average Bonchev–Trinajstić information content (AvgIpc) is 2.47. The Morgan fingerprint density at radius 2 is 1.81 bits per heavy atom. The summed E-state index contributed by atoms with van der Waals surface area (Å²) in [5, 5.41) is 0. The molecule has 2 aromatic rings. The molecule has 1 aromatic carbocycles. The molecule has 1 aromatic heterocycles. The van der Waals surface area contributed by atoms with Gasteiger partial charge in [0.1, 0.15) is 4.64 Å². The molecule has 0 bridgehead atoms. The Morgan fingerprint density at radius 1 is 1.14 bits per heavy atom. The minimum atomic E-state index is -0.0754. The van der Waals surface area contributed by atoms with Crippen molar-refractivity contribution in [1.29, 1.82) is 0 Å². The van der Waals surface area contributed by atoms with Gasteiger partial charge in [0.2, 0.25) is 0 Å². The summed E-state index contributed by atoms with van der Waals surface area (Å²) in [5.41, 5.74) is 2.75. The molecule has 0 saturated heterocycles. The van der Waals surface area contributed by atoms with Crippen molar-refractivity contribution in [1.82, 2.24) is 9.88 Å². The Hall–Kier alpha value is -2.14. The predicted octanol–water partition coefficient (Wildman–Crippen LogP) is 3.08. The summed E-state index contributed by atoms with van der Waals surface area (Å²) in [7, 11) is 5.79. The zero-order valence-corrected chi connectivity index (χ0v) is 13.3. The van der Waals surface area contributed by atoms with Crippen LogP contribution in [0, 0.1) is 4.64 Å². The first kappa shape index (κ1) is 15.3. The van der Waals surface area contributed by atoms with E-state index >= 15 is 0 Å². The molecule has 110 valence electrons. The van der Waals surface area contributed by atoms with E-state index in [1.54, 1.807) is 30.3 Å². The number of anilines is 1. The second-order valence-electron chi connectivity index (χ2n) is 5.14. The van der Waals surface area contributed by atoms with Crippen LogP contribution >= 0.6 is 12.2 Å². The number of nitrogens with one attached hydrogen (secondary N) is 1. The molecular weight excluding hydrogens is 282 g/mol. The molecule has 5 heteroatoms. The van der Waals surface area contributed by atoms with Gasteiger partial charge in [-0.05, 0) is 29.8 Å². The summed E-state index contributed by atoms with van der Waals surface area (Å²) >= 11 is 5.15. The highest BCUT2D eigenvalue weighted by Gasteiger charge is 2.13. The van der Waals surface area contributed by atoms with Crippen molar-refractivity contribution in [2.75, 3.05) is 26.0 Å². The van der Waals surface area contributed by atoms with Crippen LogP contribution in [0.15, 0.2) is 42.6 Å². The monoisotopic (exact) mass is 301 g/mol. The van der Waals surface area contributed by atoms with Gasteiger partial charge < -0.3 is 14.8 Å². The van der Waals surface area contributed by atoms with E-state index in [1.807, 2.05) is 43.3 Å². The van der Waals surface area contributed by atoms with Crippen LogP contribution in [0.4, 0.5) is 5.69 Å². The number of benzene rings is 1. The van der Waals surface area contributed by atoms with E-state index in [0.29, 0.717) is 16.7 Å². The summed E-state index contributed by atoms with van der Waals surface area (Å²) in [6, 6.07) is 11.7. The average molecular weight is 301 g/mol. The summed E-state index contributed by atoms with van der Waals surface area (Å²) in [6.07, 6.45) is 1.72. The molecule has 0 aliphatic heterocycles. The summed E-state index contributed by atoms with van der Waals surface area (Å²) in [4.78, 5) is 19.0. The number of aromatic nitrogens is 1. The second kappa shape index (κ2) is 6.54. The van der Waals surface area contributed by atoms with Gasteiger partial charge in [0.15, 0.2) is 0 Å². The lowest BCUT2D eigenvalue weighted by Gasteiger charge is -2.18. The molecule has 4 nitrogen and oxygen atoms in total. The molecule has 0 saturated carbocycles. The molecular formula is C16H19N3OS. The van der Waals surface area contributed by atoms with Crippen molar-refractivity contribution in [3.05, 3.63) is 58.4 Å². The first-order valence-corrected chi connectivity index (χ1v) is 7.09. The minimum Gasteiger partial charge on any atom is -0.378 e. The number of hydrogen-bond donors (Lipinski definition) is 1. The van der Waals surface area contributed by atoms with E-state index in [0.717, 1.165) is 11.3 Å². The third-order valence-corrected chi connectivity index (χ3v) is 3.61. The standard InChI is InChI=1S/C16H19N3OS/c1-18(2)13-8-6-12(7-9-13)11-19(3)16(20)14-5-4-10-17-15(14)21/h4-10H,11H2,1-3H3,(H,17,21). The number of rotatable bonds is 4. The van der Waals surface area contributed by atoms with Gasteiger partial charge >= 0.3 is 0 Å². The van der Waals surface area contributed by atoms with E-state index in [1.165, 1.54) is 0 Å². The van der Waals surface area contributed by atoms with E-state index in [2.05, 4.69) is 4.98 Å². The topological polar surface area (TPSA) is 39.3 Å². The highest BCUT2D eigenvalue weighted by molar-refractivity contribution is 7.71. The maximum absolute atomic E-state index is 12.4. The molecule has 0 radical (unpaired) electrons. The van der Waals surface area contributed by atoms with Crippen molar-refractivity contribution in [3.8, 4) is 0 Å². The third-order valence-electron chi connectivity index (χ3n) is 3.27. The van der Waals surface area contributed by atoms with Gasteiger partial charge in [-0.25, -0.2) is 0 Å². The van der Waals surface area contributed by atoms with Crippen molar-refractivity contribution < 1.29 is 4.79 Å². The van der Waals surface area contributed by atoms with Crippen molar-refractivity contribution in [3.63, 3.8) is 0 Å². The van der Waals surface area contributed by atoms with Crippen molar-refractivity contribution >= 4 is 23.8 Å². The molecule has 0 fully saturated rings. The number of aromatic amines is 1. The van der Waals surface area contributed by atoms with Crippen LogP contribution in [0.25, 0.3) is 0 Å². The molecule has 0 aliphatic carbocycles. The lowest BCUT2D eigenvalue weighted by Crippen LogP contribution is -2.26. The Bertz CT molecular complexity index is 676. The van der Waals surface area contributed by atoms with Crippen LogP contribution in [0.1, 0.15) is 15.9 Å². The number of pyridine rings is 1. The lowest BCUT2D eigenvalue weighted by atomic mass is 10.1. The first-order chi connectivity index (χ1) is 9.99. The number of nitrogens with zero attached hydrogens (tertiary/aromatic N) is 2. The SMILES string of the molecule is CN(Cc1ccc(N(C)C)cc1)C(=O)c1ccc[nH]c1=S. The van der Waals surface area contributed by atoms with E-state index < -0.39 is 0 Å². The largest absolute Gasteiger partial charge is 0.378 e. The summed E-state index contributed by atoms with van der Waals surface area (Å²) < 4.78 is 0.470. The summed E-state index contributed by atoms with van der Waals surface area (Å²) in [6.45, 7) is 0.552. The molecule has 2 rings (SSSR count). The van der Waals surface area contributed by atoms with E-state index in [9.17, 15) is 4.79 Å². The maximum Gasteiger partial charge on any atom is 0.256 e. The first-order valence-electron chi connectivity index (χ1n) is 6.68. The Balaban J connectivity index is 2.11. The van der Waals surface area contributed by atoms with Crippen LogP contribution in [-0.2, 0) is 6.54 Å². The van der Waals surface area contributed by atoms with Crippen LogP contribution < -0.4 is 4.90 Å². The quantitative estimate of drug-likeness (QED) is 0.882. The normalized spacial score (nSPS) is 10.2. The number of carbonyl (C=O) groups is 1. The molecule has 0 unspecified atom stereocenters. The van der Waals surface area contributed by atoms with Gasteiger partial charge in [0.05, 0.1) is 5.56 Å². The van der Waals surface area contributed by atoms with Gasteiger partial charge in [-0.1, -0.05) is 24.4 Å². The smallest absolute Gasteiger partial charge is 0.256 e. The van der Waals surface area contributed by atoms with E-state index in [-0.39, 0.29) is 5.91 Å². The van der Waals surface area contributed by atoms with Gasteiger partial charge in [-0.15, -0.1) is 0 Å². The maximum atomic E-state index is 12.4. The fourth-order valence-corrected chi connectivity index (χ4v) is 2.26. The third kappa shape index (κ3) is 3.70. The summed E-state index contributed by atoms with van der Waals surface area (Å²) in [5.74, 6) is -0.0754. The predicted molar refractivity (Wildman–Crippen MR) is 88.2 cm³/mol. The molecule has 0 atom stereocenters. The molecule has 0 spiro atoms. The molecule has 1 N–H and O–H groups in total. The van der Waals surface area contributed by atoms with Crippen LogP contribution in [0.3, 0.4) is 0 Å². The highest BCUT2D eigenvalue weighted by Crippen LogP contribution is 2.14. The Morgan fingerprint density at radius 3 is 2.38 bits per heavy atom. The number of amides is 1. The van der Waals surface area contributed by atoms with Crippen molar-refractivity contribution in [2.24, 2.45) is 0 Å². The lowest BCUT2D eigenvalue weighted by molar-refractivity contribution is 0.0784.